The summed E-state index contributed by atoms with van der Waals surface area (Å²) in [7, 11) is 1.82. The van der Waals surface area contributed by atoms with E-state index in [4.69, 9.17) is 0 Å². The molecule has 5 heteroatoms. The molecule has 0 saturated heterocycles. The molecule has 2 rings (SSSR count). The SMILES string of the molecule is Cn1cnc2c1C(C)(C(=O)O)NCC2. The van der Waals surface area contributed by atoms with Crippen LogP contribution in [0.5, 0.6) is 0 Å². The van der Waals surface area contributed by atoms with Crippen LogP contribution >= 0.6 is 0 Å². The molecule has 0 fully saturated rings. The molecule has 1 atom stereocenters. The minimum Gasteiger partial charge on any atom is -0.480 e. The minimum absolute atomic E-state index is 0.660. The molecule has 76 valence electrons. The third kappa shape index (κ3) is 1.05. The lowest BCUT2D eigenvalue weighted by Crippen LogP contribution is -2.51. The Hall–Kier alpha value is -1.36. The van der Waals surface area contributed by atoms with Crippen molar-refractivity contribution in [3.63, 3.8) is 0 Å². The Bertz CT molecular complexity index is 385. The summed E-state index contributed by atoms with van der Waals surface area (Å²) in [5.74, 6) is -0.859. The number of hydrogen-bond donors (Lipinski definition) is 2. The van der Waals surface area contributed by atoms with Gasteiger partial charge in [-0.1, -0.05) is 0 Å². The van der Waals surface area contributed by atoms with E-state index in [1.54, 1.807) is 17.8 Å². The Morgan fingerprint density at radius 2 is 2.50 bits per heavy atom. The lowest BCUT2D eigenvalue weighted by Gasteiger charge is -2.31. The van der Waals surface area contributed by atoms with Crippen LogP contribution in [0.4, 0.5) is 0 Å². The lowest BCUT2D eigenvalue weighted by molar-refractivity contribution is -0.145. The molecule has 0 amide bonds. The van der Waals surface area contributed by atoms with E-state index in [1.165, 1.54) is 0 Å². The van der Waals surface area contributed by atoms with Gasteiger partial charge >= 0.3 is 5.97 Å². The Morgan fingerprint density at radius 1 is 1.79 bits per heavy atom. The molecule has 0 bridgehead atoms. The molecule has 5 nitrogen and oxygen atoms in total. The van der Waals surface area contributed by atoms with Gasteiger partial charge in [-0.25, -0.2) is 9.78 Å². The Morgan fingerprint density at radius 3 is 3.14 bits per heavy atom. The fraction of sp³-hybridized carbons (Fsp3) is 0.556. The second kappa shape index (κ2) is 2.81. The molecule has 0 aromatic carbocycles. The summed E-state index contributed by atoms with van der Waals surface area (Å²) >= 11 is 0. The number of nitrogens with zero attached hydrogens (tertiary/aromatic N) is 2. The Balaban J connectivity index is 2.59. The summed E-state index contributed by atoms with van der Waals surface area (Å²) in [5, 5.41) is 12.2. The molecule has 0 spiro atoms. The fourth-order valence-electron chi connectivity index (χ4n) is 1.99. The highest BCUT2D eigenvalue weighted by atomic mass is 16.4. The summed E-state index contributed by atoms with van der Waals surface area (Å²) in [6, 6.07) is 0. The van der Waals surface area contributed by atoms with E-state index >= 15 is 0 Å². The first kappa shape index (κ1) is 9.21. The van der Waals surface area contributed by atoms with E-state index in [2.05, 4.69) is 10.3 Å². The predicted molar refractivity (Wildman–Crippen MR) is 49.9 cm³/mol. The number of aryl methyl sites for hydroxylation is 1. The average Bonchev–Trinajstić information content (AvgIpc) is 2.49. The molecule has 1 unspecified atom stereocenters. The van der Waals surface area contributed by atoms with Crippen molar-refractivity contribution in [2.24, 2.45) is 7.05 Å². The van der Waals surface area contributed by atoms with Crippen molar-refractivity contribution in [2.75, 3.05) is 6.54 Å². The highest BCUT2D eigenvalue weighted by Gasteiger charge is 2.41. The van der Waals surface area contributed by atoms with Crippen molar-refractivity contribution in [3.05, 3.63) is 17.7 Å². The van der Waals surface area contributed by atoms with Gasteiger partial charge in [0.25, 0.3) is 0 Å². The minimum atomic E-state index is -1.00. The summed E-state index contributed by atoms with van der Waals surface area (Å²) in [6.07, 6.45) is 2.46. The maximum Gasteiger partial charge on any atom is 0.329 e. The predicted octanol–water partition coefficient (Wildman–Crippen LogP) is -0.134. The third-order valence-electron chi connectivity index (χ3n) is 2.75. The summed E-state index contributed by atoms with van der Waals surface area (Å²) < 4.78 is 1.77. The van der Waals surface area contributed by atoms with Crippen LogP contribution in [0, 0.1) is 0 Å². The van der Waals surface area contributed by atoms with Crippen LogP contribution < -0.4 is 5.32 Å². The van der Waals surface area contributed by atoms with Crippen molar-refractivity contribution >= 4 is 5.97 Å². The number of carboxylic acid groups (broad SMARTS) is 1. The van der Waals surface area contributed by atoms with Gasteiger partial charge in [0.15, 0.2) is 5.54 Å². The van der Waals surface area contributed by atoms with E-state index < -0.39 is 11.5 Å². The average molecular weight is 195 g/mol. The molecule has 0 aliphatic carbocycles. The first-order valence-corrected chi connectivity index (χ1v) is 4.55. The molecular weight excluding hydrogens is 182 g/mol. The van der Waals surface area contributed by atoms with Crippen LogP contribution in [0.3, 0.4) is 0 Å². The van der Waals surface area contributed by atoms with Crippen molar-refractivity contribution in [2.45, 2.75) is 18.9 Å². The Kier molecular flexibility index (Phi) is 1.85. The first-order valence-electron chi connectivity index (χ1n) is 4.55. The van der Waals surface area contributed by atoms with Crippen molar-refractivity contribution in [1.29, 1.82) is 0 Å². The van der Waals surface area contributed by atoms with Crippen LogP contribution in [0.1, 0.15) is 18.3 Å². The van der Waals surface area contributed by atoms with E-state index in [9.17, 15) is 9.90 Å². The van der Waals surface area contributed by atoms with Crippen LogP contribution in [0.15, 0.2) is 6.33 Å². The van der Waals surface area contributed by atoms with Gasteiger partial charge in [0.1, 0.15) is 0 Å². The van der Waals surface area contributed by atoms with E-state index in [1.807, 2.05) is 7.05 Å². The molecule has 0 saturated carbocycles. The van der Waals surface area contributed by atoms with Crippen molar-refractivity contribution in [1.82, 2.24) is 14.9 Å². The summed E-state index contributed by atoms with van der Waals surface area (Å²) in [6.45, 7) is 2.34. The van der Waals surface area contributed by atoms with Gasteiger partial charge in [-0.05, 0) is 6.92 Å². The number of nitrogens with one attached hydrogen (secondary N) is 1. The van der Waals surface area contributed by atoms with Gasteiger partial charge < -0.3 is 9.67 Å². The topological polar surface area (TPSA) is 67.2 Å². The van der Waals surface area contributed by atoms with Gasteiger partial charge in [-0.2, -0.15) is 0 Å². The third-order valence-corrected chi connectivity index (χ3v) is 2.75. The number of aliphatic carboxylic acids is 1. The first-order chi connectivity index (χ1) is 6.55. The summed E-state index contributed by atoms with van der Waals surface area (Å²) in [4.78, 5) is 15.4. The van der Waals surface area contributed by atoms with Gasteiger partial charge in [-0.15, -0.1) is 0 Å². The highest BCUT2D eigenvalue weighted by Crippen LogP contribution is 2.27. The largest absolute Gasteiger partial charge is 0.480 e. The number of aromatic nitrogens is 2. The number of carbonyl (C=O) groups is 1. The van der Waals surface area contributed by atoms with E-state index in [0.29, 0.717) is 6.54 Å². The quantitative estimate of drug-likeness (QED) is 0.655. The maximum atomic E-state index is 11.2. The monoisotopic (exact) mass is 195 g/mol. The molecule has 1 aromatic heterocycles. The molecular formula is C9H13N3O2. The standard InChI is InChI=1S/C9H13N3O2/c1-9(8(13)14)7-6(3-4-11-9)10-5-12(7)2/h5,11H,3-4H2,1-2H3,(H,13,14). The molecule has 2 N–H and O–H groups in total. The molecule has 1 aromatic rings. The smallest absolute Gasteiger partial charge is 0.329 e. The highest BCUT2D eigenvalue weighted by molar-refractivity contribution is 5.80. The fourth-order valence-corrected chi connectivity index (χ4v) is 1.99. The lowest BCUT2D eigenvalue weighted by atomic mass is 9.91. The van der Waals surface area contributed by atoms with Gasteiger partial charge in [0.2, 0.25) is 0 Å². The van der Waals surface area contributed by atoms with Gasteiger partial charge in [-0.3, -0.25) is 5.32 Å². The van der Waals surface area contributed by atoms with Crippen LogP contribution in [0.2, 0.25) is 0 Å². The summed E-state index contributed by atoms with van der Waals surface area (Å²) in [5.41, 5.74) is 0.645. The van der Waals surface area contributed by atoms with E-state index in [-0.39, 0.29) is 0 Å². The van der Waals surface area contributed by atoms with Crippen molar-refractivity contribution in [3.8, 4) is 0 Å². The number of imidazole rings is 1. The van der Waals surface area contributed by atoms with Gasteiger partial charge in [0, 0.05) is 20.0 Å². The van der Waals surface area contributed by atoms with E-state index in [0.717, 1.165) is 17.8 Å². The maximum absolute atomic E-state index is 11.2. The van der Waals surface area contributed by atoms with Crippen molar-refractivity contribution < 1.29 is 9.90 Å². The number of hydrogen-bond acceptors (Lipinski definition) is 3. The van der Waals surface area contributed by atoms with Crippen LogP contribution in [0.25, 0.3) is 0 Å². The molecule has 0 radical (unpaired) electrons. The zero-order valence-corrected chi connectivity index (χ0v) is 8.24. The molecule has 1 aliphatic heterocycles. The van der Waals surface area contributed by atoms with Gasteiger partial charge in [0.05, 0.1) is 17.7 Å². The zero-order chi connectivity index (χ0) is 10.3. The van der Waals surface area contributed by atoms with Crippen LogP contribution in [-0.2, 0) is 23.8 Å². The molecule has 1 aliphatic rings. The molecule has 2 heterocycles. The second-order valence-corrected chi connectivity index (χ2v) is 3.76. The molecule has 14 heavy (non-hydrogen) atoms. The number of fused-ring (bicyclic) bond motifs is 1. The normalized spacial score (nSPS) is 25.9. The number of rotatable bonds is 1. The van der Waals surface area contributed by atoms with Crippen LogP contribution in [-0.4, -0.2) is 27.2 Å². The number of carboxylic acids is 1. The Labute approximate surface area is 81.8 Å². The zero-order valence-electron chi connectivity index (χ0n) is 8.24. The second-order valence-electron chi connectivity index (χ2n) is 3.76.